The predicted molar refractivity (Wildman–Crippen MR) is 119 cm³/mol. The fraction of sp³-hybridized carbons (Fsp3) is 0.435. The third-order valence-corrected chi connectivity index (χ3v) is 7.67. The summed E-state index contributed by atoms with van der Waals surface area (Å²) >= 11 is 0. The maximum atomic E-state index is 12.6. The van der Waals surface area contributed by atoms with Gasteiger partial charge in [0.2, 0.25) is 10.0 Å². The fourth-order valence-electron chi connectivity index (χ4n) is 3.83. The van der Waals surface area contributed by atoms with Crippen LogP contribution in [-0.2, 0) is 23.1 Å². The van der Waals surface area contributed by atoms with Crippen molar-refractivity contribution in [1.29, 1.82) is 0 Å². The molecule has 0 saturated carbocycles. The van der Waals surface area contributed by atoms with Crippen LogP contribution < -0.4 is 5.32 Å². The molecule has 0 spiro atoms. The van der Waals surface area contributed by atoms with Crippen molar-refractivity contribution < 1.29 is 13.2 Å². The predicted octanol–water partition coefficient (Wildman–Crippen LogP) is 3.24. The van der Waals surface area contributed by atoms with E-state index in [1.165, 1.54) is 34.8 Å². The number of carbonyl (C=O) groups is 1. The van der Waals surface area contributed by atoms with E-state index in [2.05, 4.69) is 16.3 Å². The molecule has 0 unspecified atom stereocenters. The molecular formula is C23H31N3O3S. The van der Waals surface area contributed by atoms with E-state index in [1.807, 2.05) is 32.0 Å². The Labute approximate surface area is 179 Å². The van der Waals surface area contributed by atoms with E-state index in [9.17, 15) is 13.2 Å². The van der Waals surface area contributed by atoms with Gasteiger partial charge in [0, 0.05) is 31.7 Å². The maximum Gasteiger partial charge on any atom is 0.251 e. The Morgan fingerprint density at radius 1 is 0.967 bits per heavy atom. The van der Waals surface area contributed by atoms with Gasteiger partial charge in [0.1, 0.15) is 0 Å². The van der Waals surface area contributed by atoms with Gasteiger partial charge < -0.3 is 5.32 Å². The van der Waals surface area contributed by atoms with Gasteiger partial charge in [-0.25, -0.2) is 8.42 Å². The minimum atomic E-state index is -3.52. The van der Waals surface area contributed by atoms with Gasteiger partial charge in [-0.15, -0.1) is 0 Å². The Balaban J connectivity index is 1.64. The van der Waals surface area contributed by atoms with Crippen LogP contribution >= 0.6 is 0 Å². The largest absolute Gasteiger partial charge is 0.348 e. The van der Waals surface area contributed by atoms with Gasteiger partial charge in [-0.3, -0.25) is 9.69 Å². The number of likely N-dealkylation sites (tertiary alicyclic amines) is 1. The Kier molecular flexibility index (Phi) is 7.64. The van der Waals surface area contributed by atoms with Crippen molar-refractivity contribution >= 4 is 15.9 Å². The molecule has 7 heteroatoms. The lowest BCUT2D eigenvalue weighted by molar-refractivity contribution is 0.0950. The monoisotopic (exact) mass is 429 g/mol. The highest BCUT2D eigenvalue weighted by Gasteiger charge is 2.21. The topological polar surface area (TPSA) is 69.7 Å². The first kappa shape index (κ1) is 22.5. The summed E-state index contributed by atoms with van der Waals surface area (Å²) in [6, 6.07) is 14.3. The van der Waals surface area contributed by atoms with Crippen molar-refractivity contribution in [3.05, 3.63) is 65.2 Å². The number of nitrogens with zero attached hydrogens (tertiary/aromatic N) is 2. The van der Waals surface area contributed by atoms with Gasteiger partial charge in [0.05, 0.1) is 4.90 Å². The van der Waals surface area contributed by atoms with E-state index in [-0.39, 0.29) is 10.8 Å². The molecule has 1 aliphatic heterocycles. The molecule has 1 aliphatic rings. The lowest BCUT2D eigenvalue weighted by atomic mass is 10.1. The fourth-order valence-corrected chi connectivity index (χ4v) is 5.29. The maximum absolute atomic E-state index is 12.6. The Hall–Kier alpha value is -2.22. The quantitative estimate of drug-likeness (QED) is 0.664. The molecule has 1 saturated heterocycles. The van der Waals surface area contributed by atoms with E-state index >= 15 is 0 Å². The lowest BCUT2D eigenvalue weighted by Crippen LogP contribution is -2.30. The second-order valence-corrected chi connectivity index (χ2v) is 9.49. The van der Waals surface area contributed by atoms with Crippen molar-refractivity contribution in [3.8, 4) is 0 Å². The minimum absolute atomic E-state index is 0.207. The normalized spacial score (nSPS) is 14.9. The molecule has 0 atom stereocenters. The molecule has 2 aromatic rings. The van der Waals surface area contributed by atoms with Crippen LogP contribution in [0.5, 0.6) is 0 Å². The number of rotatable bonds is 9. The number of carbonyl (C=O) groups excluding carboxylic acids is 1. The number of hydrogen-bond acceptors (Lipinski definition) is 4. The first-order chi connectivity index (χ1) is 14.5. The standard InChI is InChI=1S/C23H31N3O3S/c1-3-26(4-2)30(28,29)22-13-11-19(12-14-22)23(27)24-17-20-9-5-6-10-21(20)18-25-15-7-8-16-25/h5-6,9-14H,3-4,7-8,15-18H2,1-2H3,(H,24,27). The third-order valence-electron chi connectivity index (χ3n) is 5.61. The van der Waals surface area contributed by atoms with Crippen LogP contribution in [0.3, 0.4) is 0 Å². The van der Waals surface area contributed by atoms with Crippen LogP contribution in [0.25, 0.3) is 0 Å². The molecule has 30 heavy (non-hydrogen) atoms. The molecule has 1 fully saturated rings. The summed E-state index contributed by atoms with van der Waals surface area (Å²) in [7, 11) is -3.52. The zero-order chi connectivity index (χ0) is 21.6. The van der Waals surface area contributed by atoms with Crippen molar-refractivity contribution in [2.75, 3.05) is 26.2 Å². The number of hydrogen-bond donors (Lipinski definition) is 1. The molecule has 0 bridgehead atoms. The highest BCUT2D eigenvalue weighted by atomic mass is 32.2. The molecule has 0 aliphatic carbocycles. The number of benzene rings is 2. The highest BCUT2D eigenvalue weighted by molar-refractivity contribution is 7.89. The second-order valence-electron chi connectivity index (χ2n) is 7.55. The number of nitrogens with one attached hydrogen (secondary N) is 1. The van der Waals surface area contributed by atoms with Crippen molar-refractivity contribution in [3.63, 3.8) is 0 Å². The van der Waals surface area contributed by atoms with Gasteiger partial charge >= 0.3 is 0 Å². The zero-order valence-corrected chi connectivity index (χ0v) is 18.6. The van der Waals surface area contributed by atoms with Crippen molar-refractivity contribution in [2.45, 2.75) is 44.7 Å². The molecule has 3 rings (SSSR count). The summed E-state index contributed by atoms with van der Waals surface area (Å²) in [5.74, 6) is -0.210. The third kappa shape index (κ3) is 5.28. The molecular weight excluding hydrogens is 398 g/mol. The van der Waals surface area contributed by atoms with Crippen LogP contribution in [0.4, 0.5) is 0 Å². The van der Waals surface area contributed by atoms with Crippen LogP contribution in [-0.4, -0.2) is 49.7 Å². The summed E-state index contributed by atoms with van der Waals surface area (Å²) in [4.78, 5) is 15.2. The van der Waals surface area contributed by atoms with E-state index < -0.39 is 10.0 Å². The van der Waals surface area contributed by atoms with E-state index in [0.29, 0.717) is 25.2 Å². The molecule has 0 aromatic heterocycles. The SMILES string of the molecule is CCN(CC)S(=O)(=O)c1ccc(C(=O)NCc2ccccc2CN2CCCC2)cc1. The number of sulfonamides is 1. The van der Waals surface area contributed by atoms with Gasteiger partial charge in [-0.05, 0) is 61.3 Å². The van der Waals surface area contributed by atoms with Gasteiger partial charge in [0.25, 0.3) is 5.91 Å². The van der Waals surface area contributed by atoms with E-state index in [1.54, 1.807) is 12.1 Å². The Bertz CT molecular complexity index is 948. The van der Waals surface area contributed by atoms with Gasteiger partial charge in [-0.1, -0.05) is 38.1 Å². The molecule has 2 aromatic carbocycles. The average Bonchev–Trinajstić information content (AvgIpc) is 3.27. The van der Waals surface area contributed by atoms with Crippen molar-refractivity contribution in [1.82, 2.24) is 14.5 Å². The number of amides is 1. The highest BCUT2D eigenvalue weighted by Crippen LogP contribution is 2.18. The molecule has 1 N–H and O–H groups in total. The average molecular weight is 430 g/mol. The summed E-state index contributed by atoms with van der Waals surface area (Å²) in [5, 5.41) is 2.97. The van der Waals surface area contributed by atoms with Crippen LogP contribution in [0, 0.1) is 0 Å². The first-order valence-corrected chi connectivity index (χ1v) is 12.1. The lowest BCUT2D eigenvalue weighted by Gasteiger charge is -2.18. The van der Waals surface area contributed by atoms with E-state index in [4.69, 9.17) is 0 Å². The van der Waals surface area contributed by atoms with Gasteiger partial charge in [0.15, 0.2) is 0 Å². The summed E-state index contributed by atoms with van der Waals surface area (Å²) < 4.78 is 26.6. The summed E-state index contributed by atoms with van der Waals surface area (Å²) in [6.07, 6.45) is 2.50. The smallest absolute Gasteiger partial charge is 0.251 e. The Morgan fingerprint density at radius 2 is 1.57 bits per heavy atom. The minimum Gasteiger partial charge on any atom is -0.348 e. The van der Waals surface area contributed by atoms with Crippen LogP contribution in [0.15, 0.2) is 53.4 Å². The Morgan fingerprint density at radius 3 is 2.17 bits per heavy atom. The molecule has 1 amide bonds. The van der Waals surface area contributed by atoms with Crippen LogP contribution in [0.2, 0.25) is 0 Å². The summed E-state index contributed by atoms with van der Waals surface area (Å²) in [5.41, 5.74) is 2.80. The van der Waals surface area contributed by atoms with Gasteiger partial charge in [-0.2, -0.15) is 4.31 Å². The molecule has 162 valence electrons. The molecule has 6 nitrogen and oxygen atoms in total. The van der Waals surface area contributed by atoms with E-state index in [0.717, 1.165) is 25.2 Å². The van der Waals surface area contributed by atoms with Crippen LogP contribution in [0.1, 0.15) is 48.2 Å². The summed E-state index contributed by atoms with van der Waals surface area (Å²) in [6.45, 7) is 8.06. The second kappa shape index (κ2) is 10.2. The zero-order valence-electron chi connectivity index (χ0n) is 17.8. The van der Waals surface area contributed by atoms with Crippen molar-refractivity contribution in [2.24, 2.45) is 0 Å². The molecule has 0 radical (unpaired) electrons. The molecule has 1 heterocycles. The first-order valence-electron chi connectivity index (χ1n) is 10.6.